The molecule has 4 N–H and O–H groups in total. The van der Waals surface area contributed by atoms with Gasteiger partial charge in [0.15, 0.2) is 12.0 Å². The van der Waals surface area contributed by atoms with Gasteiger partial charge in [0.2, 0.25) is 0 Å². The lowest BCUT2D eigenvalue weighted by Gasteiger charge is -2.29. The summed E-state index contributed by atoms with van der Waals surface area (Å²) in [5.74, 6) is -0.205. The topological polar surface area (TPSA) is 109 Å². The molecule has 0 heterocycles. The Morgan fingerprint density at radius 1 is 0.973 bits per heavy atom. The maximum Gasteiger partial charge on any atom is 0.407 e. The molecule has 8 nitrogen and oxygen atoms in total. The molecule has 2 rings (SSSR count). The van der Waals surface area contributed by atoms with E-state index >= 15 is 0 Å². The first-order valence-electron chi connectivity index (χ1n) is 12.7. The number of hydrogen-bond donors (Lipinski definition) is 4. The third-order valence-corrected chi connectivity index (χ3v) is 5.51. The van der Waals surface area contributed by atoms with E-state index in [0.29, 0.717) is 25.8 Å². The quantitative estimate of drug-likeness (QED) is 0.219. The second kappa shape index (κ2) is 14.9. The van der Waals surface area contributed by atoms with Crippen LogP contribution >= 0.6 is 0 Å². The van der Waals surface area contributed by atoms with Crippen molar-refractivity contribution in [3.63, 3.8) is 0 Å². The zero-order valence-electron chi connectivity index (χ0n) is 22.3. The van der Waals surface area contributed by atoms with Crippen LogP contribution < -0.4 is 16.0 Å². The molecular weight excluding hydrogens is 470 g/mol. The number of ether oxygens (including phenoxy) is 2. The summed E-state index contributed by atoms with van der Waals surface area (Å²) in [4.78, 5) is 24.8. The molecule has 0 aliphatic carbocycles. The number of aliphatic hydroxyl groups excluding tert-OH is 1. The molecule has 3 atom stereocenters. The minimum atomic E-state index is -1.32. The van der Waals surface area contributed by atoms with Crippen molar-refractivity contribution >= 4 is 12.0 Å². The standard InChI is InChI=1S/C29H41N3O5/c1-21(24-16-10-7-11-17-24)31-27(34)26(33)25(32-22(2)37-29(3,4)5)18-12-13-19-30-28(35)36-20-23-14-8-6-9-15-23/h6-11,14-17,21,25-26,32-33H,2,12-13,18-20H2,1,3-5H3,(H,30,35)(H,31,34)/t21-,25+,26-/m1/s1. The van der Waals surface area contributed by atoms with Crippen molar-refractivity contribution in [3.8, 4) is 0 Å². The molecule has 0 saturated heterocycles. The lowest BCUT2D eigenvalue weighted by atomic mass is 10.0. The highest BCUT2D eigenvalue weighted by Crippen LogP contribution is 2.16. The van der Waals surface area contributed by atoms with E-state index in [1.54, 1.807) is 0 Å². The van der Waals surface area contributed by atoms with E-state index in [1.807, 2.05) is 88.4 Å². The number of hydrogen-bond acceptors (Lipinski definition) is 6. The lowest BCUT2D eigenvalue weighted by molar-refractivity contribution is -0.131. The molecule has 0 unspecified atom stereocenters. The fraction of sp³-hybridized carbons (Fsp3) is 0.448. The highest BCUT2D eigenvalue weighted by molar-refractivity contribution is 5.81. The predicted molar refractivity (Wildman–Crippen MR) is 144 cm³/mol. The van der Waals surface area contributed by atoms with Crippen LogP contribution in [0.5, 0.6) is 0 Å². The van der Waals surface area contributed by atoms with E-state index in [1.165, 1.54) is 0 Å². The molecule has 0 spiro atoms. The lowest BCUT2D eigenvalue weighted by Crippen LogP contribution is -2.49. The number of amides is 2. The Balaban J connectivity index is 1.85. The zero-order valence-corrected chi connectivity index (χ0v) is 22.3. The van der Waals surface area contributed by atoms with Crippen LogP contribution in [0.15, 0.2) is 73.1 Å². The van der Waals surface area contributed by atoms with Crippen LogP contribution in [0.1, 0.15) is 64.1 Å². The molecule has 2 amide bonds. The number of benzene rings is 2. The molecule has 37 heavy (non-hydrogen) atoms. The Hall–Kier alpha value is -3.52. The van der Waals surface area contributed by atoms with Crippen molar-refractivity contribution in [2.45, 2.75) is 77.4 Å². The third-order valence-electron chi connectivity index (χ3n) is 5.51. The van der Waals surface area contributed by atoms with Gasteiger partial charge in [0.25, 0.3) is 5.91 Å². The van der Waals surface area contributed by atoms with E-state index in [2.05, 4.69) is 22.5 Å². The monoisotopic (exact) mass is 511 g/mol. The minimum Gasteiger partial charge on any atom is -0.474 e. The van der Waals surface area contributed by atoms with E-state index in [9.17, 15) is 14.7 Å². The predicted octanol–water partition coefficient (Wildman–Crippen LogP) is 4.57. The summed E-state index contributed by atoms with van der Waals surface area (Å²) < 4.78 is 11.0. The van der Waals surface area contributed by atoms with Crippen LogP contribution in [-0.2, 0) is 20.9 Å². The summed E-state index contributed by atoms with van der Waals surface area (Å²) in [6, 6.07) is 18.1. The summed E-state index contributed by atoms with van der Waals surface area (Å²) in [6.07, 6.45) is -0.0744. The summed E-state index contributed by atoms with van der Waals surface area (Å²) in [5, 5.41) is 19.5. The van der Waals surface area contributed by atoms with Gasteiger partial charge >= 0.3 is 6.09 Å². The molecular formula is C29H41N3O5. The number of rotatable bonds is 14. The largest absolute Gasteiger partial charge is 0.474 e. The normalized spacial score (nSPS) is 13.5. The van der Waals surface area contributed by atoms with Crippen LogP contribution in [0.3, 0.4) is 0 Å². The van der Waals surface area contributed by atoms with E-state index in [-0.39, 0.29) is 18.5 Å². The van der Waals surface area contributed by atoms with Crippen molar-refractivity contribution in [1.29, 1.82) is 0 Å². The van der Waals surface area contributed by atoms with Gasteiger partial charge in [0.05, 0.1) is 12.1 Å². The summed E-state index contributed by atoms with van der Waals surface area (Å²) in [7, 11) is 0. The van der Waals surface area contributed by atoms with Crippen LogP contribution in [0.4, 0.5) is 4.79 Å². The Labute approximate surface area is 220 Å². The molecule has 2 aromatic carbocycles. The van der Waals surface area contributed by atoms with Crippen molar-refractivity contribution in [2.24, 2.45) is 0 Å². The van der Waals surface area contributed by atoms with Gasteiger partial charge in [-0.15, -0.1) is 0 Å². The molecule has 202 valence electrons. The van der Waals surface area contributed by atoms with E-state index in [0.717, 1.165) is 11.1 Å². The van der Waals surface area contributed by atoms with Crippen LogP contribution in [-0.4, -0.2) is 41.4 Å². The van der Waals surface area contributed by atoms with Gasteiger partial charge in [-0.3, -0.25) is 4.79 Å². The van der Waals surface area contributed by atoms with Gasteiger partial charge in [0.1, 0.15) is 12.2 Å². The highest BCUT2D eigenvalue weighted by Gasteiger charge is 2.28. The van der Waals surface area contributed by atoms with Gasteiger partial charge in [0, 0.05) is 6.54 Å². The number of alkyl carbamates (subject to hydrolysis) is 1. The Morgan fingerprint density at radius 2 is 1.59 bits per heavy atom. The molecule has 0 saturated carbocycles. The number of nitrogens with one attached hydrogen (secondary N) is 3. The summed E-state index contributed by atoms with van der Waals surface area (Å²) in [6.45, 7) is 12.0. The SMILES string of the molecule is C=C(N[C@@H](CCCCNC(=O)OCc1ccccc1)[C@@H](O)C(=O)N[C@H](C)c1ccccc1)OC(C)(C)C. The smallest absolute Gasteiger partial charge is 0.407 e. The summed E-state index contributed by atoms with van der Waals surface area (Å²) >= 11 is 0. The first kappa shape index (κ1) is 29.7. The van der Waals surface area contributed by atoms with Crippen molar-refractivity contribution in [3.05, 3.63) is 84.3 Å². The number of unbranched alkanes of at least 4 members (excludes halogenated alkanes) is 1. The van der Waals surface area contributed by atoms with Gasteiger partial charge in [-0.1, -0.05) is 60.7 Å². The van der Waals surface area contributed by atoms with E-state index < -0.39 is 29.7 Å². The Bertz CT molecular complexity index is 976. The molecule has 0 radical (unpaired) electrons. The Kier molecular flexibility index (Phi) is 12.0. The highest BCUT2D eigenvalue weighted by atomic mass is 16.5. The van der Waals surface area contributed by atoms with Crippen LogP contribution in [0.25, 0.3) is 0 Å². The third kappa shape index (κ3) is 11.8. The van der Waals surface area contributed by atoms with Crippen LogP contribution in [0.2, 0.25) is 0 Å². The minimum absolute atomic E-state index is 0.206. The maximum absolute atomic E-state index is 12.9. The van der Waals surface area contributed by atoms with Crippen LogP contribution in [0, 0.1) is 0 Å². The second-order valence-corrected chi connectivity index (χ2v) is 9.96. The second-order valence-electron chi connectivity index (χ2n) is 9.96. The average molecular weight is 512 g/mol. The molecule has 0 fully saturated rings. The molecule has 0 aliphatic heterocycles. The summed E-state index contributed by atoms with van der Waals surface area (Å²) in [5.41, 5.74) is 1.38. The van der Waals surface area contributed by atoms with Gasteiger partial charge in [-0.25, -0.2) is 4.79 Å². The maximum atomic E-state index is 12.9. The fourth-order valence-corrected chi connectivity index (χ4v) is 3.68. The molecule has 0 bridgehead atoms. The number of carbonyl (C=O) groups excluding carboxylic acids is 2. The molecule has 0 aromatic heterocycles. The fourth-order valence-electron chi connectivity index (χ4n) is 3.68. The molecule has 2 aromatic rings. The van der Waals surface area contributed by atoms with Gasteiger partial charge in [-0.2, -0.15) is 0 Å². The van der Waals surface area contributed by atoms with Gasteiger partial charge < -0.3 is 30.5 Å². The van der Waals surface area contributed by atoms with Crippen molar-refractivity contribution in [1.82, 2.24) is 16.0 Å². The van der Waals surface area contributed by atoms with Gasteiger partial charge in [-0.05, 0) is 64.7 Å². The van der Waals surface area contributed by atoms with Crippen molar-refractivity contribution < 1.29 is 24.2 Å². The number of aliphatic hydroxyl groups is 1. The zero-order chi connectivity index (χ0) is 27.3. The first-order chi connectivity index (χ1) is 17.5. The van der Waals surface area contributed by atoms with Crippen molar-refractivity contribution in [2.75, 3.05) is 6.54 Å². The number of carbonyl (C=O) groups is 2. The molecule has 8 heteroatoms. The molecule has 0 aliphatic rings. The van der Waals surface area contributed by atoms with E-state index in [4.69, 9.17) is 9.47 Å². The first-order valence-corrected chi connectivity index (χ1v) is 12.7. The Morgan fingerprint density at radius 3 is 2.22 bits per heavy atom. The average Bonchev–Trinajstić information content (AvgIpc) is 2.86.